The summed E-state index contributed by atoms with van der Waals surface area (Å²) in [6.07, 6.45) is 0. The molecule has 0 bridgehead atoms. The third-order valence-corrected chi connectivity index (χ3v) is 4.49. The number of benzene rings is 1. The Morgan fingerprint density at radius 2 is 1.76 bits per heavy atom. The number of rotatable bonds is 6. The second-order valence-corrected chi connectivity index (χ2v) is 7.41. The molecule has 1 atom stereocenters. The quantitative estimate of drug-likeness (QED) is 0.611. The Morgan fingerprint density at radius 1 is 1.12 bits per heavy atom. The van der Waals surface area contributed by atoms with Gasteiger partial charge in [0, 0.05) is 22.9 Å². The average molecular weight is 358 g/mol. The predicted molar refractivity (Wildman–Crippen MR) is 99.8 cm³/mol. The molecule has 0 aliphatic heterocycles. The standard InChI is InChI=1S/C18H22N4O2S/c1-10(2)17-20-11(3)9-15(22-17)25-12(4)18(24)21-14-7-5-13(6-8-14)16(19)23/h5-10,12H,1-4H3,(H2,19,23)(H,21,24)/t12-/m0/s1. The minimum atomic E-state index is -0.498. The van der Waals surface area contributed by atoms with E-state index < -0.39 is 5.91 Å². The first-order valence-electron chi connectivity index (χ1n) is 7.99. The number of aryl methyl sites for hydroxylation is 1. The van der Waals surface area contributed by atoms with Gasteiger partial charge in [0.1, 0.15) is 10.9 Å². The molecule has 132 valence electrons. The Labute approximate surface area is 151 Å². The van der Waals surface area contributed by atoms with Crippen molar-refractivity contribution in [2.45, 2.75) is 43.9 Å². The van der Waals surface area contributed by atoms with E-state index in [1.54, 1.807) is 24.3 Å². The Bertz CT molecular complexity index is 775. The molecule has 0 fully saturated rings. The Balaban J connectivity index is 2.04. The molecule has 25 heavy (non-hydrogen) atoms. The van der Waals surface area contributed by atoms with Crippen LogP contribution in [0.5, 0.6) is 0 Å². The highest BCUT2D eigenvalue weighted by molar-refractivity contribution is 8.00. The minimum absolute atomic E-state index is 0.140. The number of primary amides is 1. The molecule has 0 aliphatic carbocycles. The SMILES string of the molecule is Cc1cc(S[C@@H](C)C(=O)Nc2ccc(C(N)=O)cc2)nc(C(C)C)n1. The number of hydrogen-bond donors (Lipinski definition) is 2. The van der Waals surface area contributed by atoms with Crippen molar-refractivity contribution in [2.75, 3.05) is 5.32 Å². The zero-order valence-electron chi connectivity index (χ0n) is 14.7. The summed E-state index contributed by atoms with van der Waals surface area (Å²) >= 11 is 1.39. The molecule has 6 nitrogen and oxygen atoms in total. The highest BCUT2D eigenvalue weighted by Gasteiger charge is 2.17. The summed E-state index contributed by atoms with van der Waals surface area (Å²) < 4.78 is 0. The molecule has 0 radical (unpaired) electrons. The molecule has 1 heterocycles. The van der Waals surface area contributed by atoms with Crippen LogP contribution in [0.2, 0.25) is 0 Å². The monoisotopic (exact) mass is 358 g/mol. The predicted octanol–water partition coefficient (Wildman–Crippen LogP) is 3.13. The summed E-state index contributed by atoms with van der Waals surface area (Å²) in [7, 11) is 0. The Morgan fingerprint density at radius 3 is 2.32 bits per heavy atom. The van der Waals surface area contributed by atoms with Crippen LogP contribution in [-0.2, 0) is 4.79 Å². The molecule has 7 heteroatoms. The Kier molecular flexibility index (Phi) is 6.14. The van der Waals surface area contributed by atoms with Crippen molar-refractivity contribution in [3.05, 3.63) is 47.4 Å². The first kappa shape index (κ1) is 18.9. The summed E-state index contributed by atoms with van der Waals surface area (Å²) in [5.74, 6) is 0.366. The number of nitrogens with two attached hydrogens (primary N) is 1. The second-order valence-electron chi connectivity index (χ2n) is 6.05. The number of nitrogens with zero attached hydrogens (tertiary/aromatic N) is 2. The topological polar surface area (TPSA) is 98.0 Å². The third kappa shape index (κ3) is 5.29. The van der Waals surface area contributed by atoms with Gasteiger partial charge >= 0.3 is 0 Å². The number of carbonyl (C=O) groups excluding carboxylic acids is 2. The molecule has 2 rings (SSSR count). The summed E-state index contributed by atoms with van der Waals surface area (Å²) in [5.41, 5.74) is 7.10. The molecule has 2 aromatic rings. The van der Waals surface area contributed by atoms with Crippen LogP contribution in [0.1, 0.15) is 48.6 Å². The molecular formula is C18H22N4O2S. The van der Waals surface area contributed by atoms with Gasteiger partial charge in [-0.05, 0) is 44.2 Å². The minimum Gasteiger partial charge on any atom is -0.366 e. The molecule has 1 aromatic carbocycles. The van der Waals surface area contributed by atoms with Gasteiger partial charge in [-0.2, -0.15) is 0 Å². The van der Waals surface area contributed by atoms with E-state index in [2.05, 4.69) is 15.3 Å². The number of hydrogen-bond acceptors (Lipinski definition) is 5. The highest BCUT2D eigenvalue weighted by Crippen LogP contribution is 2.24. The summed E-state index contributed by atoms with van der Waals surface area (Å²) in [6.45, 7) is 7.82. The molecule has 0 saturated heterocycles. The molecule has 0 aliphatic rings. The van der Waals surface area contributed by atoms with Crippen LogP contribution in [0, 0.1) is 6.92 Å². The maximum atomic E-state index is 12.4. The van der Waals surface area contributed by atoms with Crippen LogP contribution in [-0.4, -0.2) is 27.0 Å². The highest BCUT2D eigenvalue weighted by atomic mass is 32.2. The van der Waals surface area contributed by atoms with Crippen LogP contribution in [0.15, 0.2) is 35.4 Å². The van der Waals surface area contributed by atoms with Crippen LogP contribution >= 0.6 is 11.8 Å². The van der Waals surface area contributed by atoms with Crippen molar-refractivity contribution in [1.82, 2.24) is 9.97 Å². The summed E-state index contributed by atoms with van der Waals surface area (Å²) in [4.78, 5) is 32.4. The molecular weight excluding hydrogens is 336 g/mol. The van der Waals surface area contributed by atoms with Crippen LogP contribution in [0.3, 0.4) is 0 Å². The zero-order chi connectivity index (χ0) is 18.6. The van der Waals surface area contributed by atoms with Crippen molar-refractivity contribution in [3.63, 3.8) is 0 Å². The Hall–Kier alpha value is -2.41. The van der Waals surface area contributed by atoms with E-state index in [0.717, 1.165) is 16.5 Å². The smallest absolute Gasteiger partial charge is 0.248 e. The van der Waals surface area contributed by atoms with Crippen LogP contribution in [0.4, 0.5) is 5.69 Å². The van der Waals surface area contributed by atoms with E-state index in [0.29, 0.717) is 11.3 Å². The number of carbonyl (C=O) groups is 2. The van der Waals surface area contributed by atoms with Gasteiger partial charge in [0.25, 0.3) is 0 Å². The zero-order valence-corrected chi connectivity index (χ0v) is 15.6. The lowest BCUT2D eigenvalue weighted by atomic mass is 10.2. The van der Waals surface area contributed by atoms with Gasteiger partial charge < -0.3 is 11.1 Å². The van der Waals surface area contributed by atoms with Gasteiger partial charge in [0.05, 0.1) is 5.25 Å². The molecule has 0 unspecified atom stereocenters. The van der Waals surface area contributed by atoms with E-state index in [9.17, 15) is 9.59 Å². The summed E-state index contributed by atoms with van der Waals surface area (Å²) in [5, 5.41) is 3.28. The maximum absolute atomic E-state index is 12.4. The van der Waals surface area contributed by atoms with Gasteiger partial charge in [-0.15, -0.1) is 0 Å². The molecule has 0 spiro atoms. The largest absolute Gasteiger partial charge is 0.366 e. The lowest BCUT2D eigenvalue weighted by Crippen LogP contribution is -2.22. The lowest BCUT2D eigenvalue weighted by Gasteiger charge is -2.13. The fourth-order valence-corrected chi connectivity index (χ4v) is 2.99. The normalized spacial score (nSPS) is 12.0. The fraction of sp³-hybridized carbons (Fsp3) is 0.333. The number of amides is 2. The van der Waals surface area contributed by atoms with E-state index in [-0.39, 0.29) is 17.1 Å². The number of anilines is 1. The maximum Gasteiger partial charge on any atom is 0.248 e. The summed E-state index contributed by atoms with van der Waals surface area (Å²) in [6, 6.07) is 8.35. The van der Waals surface area contributed by atoms with E-state index in [1.165, 1.54) is 11.8 Å². The van der Waals surface area contributed by atoms with Crippen molar-refractivity contribution in [1.29, 1.82) is 0 Å². The third-order valence-electron chi connectivity index (χ3n) is 3.47. The van der Waals surface area contributed by atoms with E-state index >= 15 is 0 Å². The molecule has 2 amide bonds. The first-order chi connectivity index (χ1) is 11.8. The lowest BCUT2D eigenvalue weighted by molar-refractivity contribution is -0.115. The van der Waals surface area contributed by atoms with Crippen LogP contribution in [0.25, 0.3) is 0 Å². The van der Waals surface area contributed by atoms with Crippen LogP contribution < -0.4 is 11.1 Å². The second kappa shape index (κ2) is 8.11. The van der Waals surface area contributed by atoms with Crippen molar-refractivity contribution >= 4 is 29.3 Å². The van der Waals surface area contributed by atoms with Crippen molar-refractivity contribution in [2.24, 2.45) is 5.73 Å². The van der Waals surface area contributed by atoms with Gasteiger partial charge in [-0.25, -0.2) is 9.97 Å². The van der Waals surface area contributed by atoms with Gasteiger partial charge in [-0.1, -0.05) is 25.6 Å². The van der Waals surface area contributed by atoms with Gasteiger partial charge in [0.15, 0.2) is 0 Å². The van der Waals surface area contributed by atoms with E-state index in [4.69, 9.17) is 5.73 Å². The first-order valence-corrected chi connectivity index (χ1v) is 8.87. The average Bonchev–Trinajstić information content (AvgIpc) is 2.54. The van der Waals surface area contributed by atoms with E-state index in [1.807, 2.05) is 33.8 Å². The number of thioether (sulfide) groups is 1. The number of nitrogens with one attached hydrogen (secondary N) is 1. The van der Waals surface area contributed by atoms with Crippen molar-refractivity contribution < 1.29 is 9.59 Å². The fourth-order valence-electron chi connectivity index (χ4n) is 2.08. The molecule has 3 N–H and O–H groups in total. The van der Waals surface area contributed by atoms with Crippen molar-refractivity contribution in [3.8, 4) is 0 Å². The molecule has 1 aromatic heterocycles. The van der Waals surface area contributed by atoms with Gasteiger partial charge in [0.2, 0.25) is 11.8 Å². The molecule has 0 saturated carbocycles. The van der Waals surface area contributed by atoms with Gasteiger partial charge in [-0.3, -0.25) is 9.59 Å². The number of aromatic nitrogens is 2.